The number of esters is 1. The van der Waals surface area contributed by atoms with Gasteiger partial charge < -0.3 is 14.4 Å². The smallest absolute Gasteiger partial charge is 0.307 e. The summed E-state index contributed by atoms with van der Waals surface area (Å²) in [7, 11) is 1.34. The maximum Gasteiger partial charge on any atom is 0.307 e. The molecule has 2 rings (SSSR count). The Labute approximate surface area is 154 Å². The monoisotopic (exact) mass is 355 g/mol. The van der Waals surface area contributed by atoms with Crippen LogP contribution in [0.1, 0.15) is 23.1 Å². The van der Waals surface area contributed by atoms with Crippen molar-refractivity contribution >= 4 is 11.9 Å². The van der Waals surface area contributed by atoms with E-state index in [1.807, 2.05) is 62.4 Å². The number of amides is 1. The Kier molecular flexibility index (Phi) is 7.21. The van der Waals surface area contributed by atoms with E-state index in [0.717, 1.165) is 16.7 Å². The summed E-state index contributed by atoms with van der Waals surface area (Å²) in [6, 6.07) is 15.5. The van der Waals surface area contributed by atoms with Crippen LogP contribution >= 0.6 is 0 Å². The first-order valence-corrected chi connectivity index (χ1v) is 8.57. The highest BCUT2D eigenvalue weighted by Gasteiger charge is 2.16. The zero-order chi connectivity index (χ0) is 18.9. The lowest BCUT2D eigenvalue weighted by Crippen LogP contribution is -2.36. The highest BCUT2D eigenvalue weighted by Crippen LogP contribution is 2.13. The molecule has 5 heteroatoms. The van der Waals surface area contributed by atoms with Crippen LogP contribution in [0.15, 0.2) is 48.5 Å². The normalized spacial score (nSPS) is 10.3. The predicted octanol–water partition coefficient (Wildman–Crippen LogP) is 3.27. The number of rotatable bonds is 8. The average molecular weight is 355 g/mol. The van der Waals surface area contributed by atoms with Crippen LogP contribution in [0.4, 0.5) is 0 Å². The molecule has 0 saturated carbocycles. The van der Waals surface area contributed by atoms with Gasteiger partial charge >= 0.3 is 5.97 Å². The maximum absolute atomic E-state index is 12.6. The zero-order valence-electron chi connectivity index (χ0n) is 15.5. The summed E-state index contributed by atoms with van der Waals surface area (Å²) in [6.07, 6.45) is 0.151. The van der Waals surface area contributed by atoms with Crippen LogP contribution < -0.4 is 4.74 Å². The number of ether oxygens (including phenoxy) is 2. The highest BCUT2D eigenvalue weighted by molar-refractivity contribution is 5.78. The first kappa shape index (κ1) is 19.5. The number of hydrogen-bond acceptors (Lipinski definition) is 4. The van der Waals surface area contributed by atoms with Crippen LogP contribution in [0.25, 0.3) is 0 Å². The molecule has 0 aliphatic carbocycles. The number of carbonyl (C=O) groups excluding carboxylic acids is 2. The van der Waals surface area contributed by atoms with Gasteiger partial charge in [-0.1, -0.05) is 47.5 Å². The number of hydrogen-bond donors (Lipinski definition) is 0. The fraction of sp³-hybridized carbons (Fsp3) is 0.333. The molecule has 0 fully saturated rings. The summed E-state index contributed by atoms with van der Waals surface area (Å²) in [5, 5.41) is 0. The van der Waals surface area contributed by atoms with Crippen molar-refractivity contribution in [2.45, 2.75) is 26.8 Å². The van der Waals surface area contributed by atoms with Crippen molar-refractivity contribution in [2.75, 3.05) is 20.3 Å². The fourth-order valence-electron chi connectivity index (χ4n) is 2.40. The SMILES string of the molecule is COC(=O)CCN(Cc1ccc(C)cc1)C(=O)COc1ccc(C)cc1. The van der Waals surface area contributed by atoms with E-state index in [2.05, 4.69) is 4.74 Å². The van der Waals surface area contributed by atoms with E-state index in [0.29, 0.717) is 12.3 Å². The molecule has 0 bridgehead atoms. The molecular weight excluding hydrogens is 330 g/mol. The Bertz CT molecular complexity index is 723. The molecule has 0 unspecified atom stereocenters. The minimum atomic E-state index is -0.342. The maximum atomic E-state index is 12.6. The molecule has 2 aromatic carbocycles. The van der Waals surface area contributed by atoms with E-state index in [4.69, 9.17) is 4.74 Å². The van der Waals surface area contributed by atoms with Gasteiger partial charge in [-0.2, -0.15) is 0 Å². The molecule has 2 aromatic rings. The van der Waals surface area contributed by atoms with Gasteiger partial charge in [0.2, 0.25) is 0 Å². The third-order valence-corrected chi connectivity index (χ3v) is 4.04. The second-order valence-corrected chi connectivity index (χ2v) is 6.23. The first-order valence-electron chi connectivity index (χ1n) is 8.57. The van der Waals surface area contributed by atoms with Gasteiger partial charge in [-0.05, 0) is 31.5 Å². The molecule has 26 heavy (non-hydrogen) atoms. The molecule has 0 spiro atoms. The number of methoxy groups -OCH3 is 1. The molecule has 0 aliphatic rings. The van der Waals surface area contributed by atoms with Gasteiger partial charge in [0.15, 0.2) is 6.61 Å². The molecule has 0 heterocycles. The number of aryl methyl sites for hydroxylation is 2. The van der Waals surface area contributed by atoms with Crippen LogP contribution in [0.2, 0.25) is 0 Å². The average Bonchev–Trinajstić information content (AvgIpc) is 2.65. The van der Waals surface area contributed by atoms with Crippen molar-refractivity contribution in [3.05, 3.63) is 65.2 Å². The Morgan fingerprint density at radius 3 is 2.08 bits per heavy atom. The molecule has 5 nitrogen and oxygen atoms in total. The highest BCUT2D eigenvalue weighted by atomic mass is 16.5. The standard InChI is InChI=1S/C21H25NO4/c1-16-4-8-18(9-5-16)14-22(13-12-21(24)25-3)20(23)15-26-19-10-6-17(2)7-11-19/h4-11H,12-15H2,1-3H3. The summed E-state index contributed by atoms with van der Waals surface area (Å²) >= 11 is 0. The second kappa shape index (κ2) is 9.61. The third-order valence-electron chi connectivity index (χ3n) is 4.04. The minimum Gasteiger partial charge on any atom is -0.484 e. The Hall–Kier alpha value is -2.82. The molecule has 0 N–H and O–H groups in total. The minimum absolute atomic E-state index is 0.0733. The summed E-state index contributed by atoms with van der Waals surface area (Å²) in [5.41, 5.74) is 3.29. The summed E-state index contributed by atoms with van der Waals surface area (Å²) < 4.78 is 10.3. The van der Waals surface area contributed by atoms with Gasteiger partial charge in [0.05, 0.1) is 13.5 Å². The van der Waals surface area contributed by atoms with Crippen LogP contribution in [0, 0.1) is 13.8 Å². The molecule has 0 aliphatic heterocycles. The number of nitrogens with zero attached hydrogens (tertiary/aromatic N) is 1. The van der Waals surface area contributed by atoms with Crippen molar-refractivity contribution in [1.29, 1.82) is 0 Å². The molecule has 1 amide bonds. The van der Waals surface area contributed by atoms with Crippen molar-refractivity contribution in [3.63, 3.8) is 0 Å². The van der Waals surface area contributed by atoms with Gasteiger partial charge in [0.25, 0.3) is 5.91 Å². The number of benzene rings is 2. The van der Waals surface area contributed by atoms with Crippen LogP contribution in [0.5, 0.6) is 5.75 Å². The lowest BCUT2D eigenvalue weighted by molar-refractivity contribution is -0.142. The molecule has 0 saturated heterocycles. The van der Waals surface area contributed by atoms with Crippen molar-refractivity contribution in [2.24, 2.45) is 0 Å². The fourth-order valence-corrected chi connectivity index (χ4v) is 2.40. The quantitative estimate of drug-likeness (QED) is 0.682. The summed E-state index contributed by atoms with van der Waals surface area (Å²) in [6.45, 7) is 4.64. The van der Waals surface area contributed by atoms with Gasteiger partial charge in [0.1, 0.15) is 5.75 Å². The van der Waals surface area contributed by atoms with Crippen molar-refractivity contribution in [3.8, 4) is 5.75 Å². The van der Waals surface area contributed by atoms with Gasteiger partial charge in [-0.25, -0.2) is 0 Å². The first-order chi connectivity index (χ1) is 12.5. The van der Waals surface area contributed by atoms with E-state index < -0.39 is 0 Å². The topological polar surface area (TPSA) is 55.8 Å². The van der Waals surface area contributed by atoms with Gasteiger partial charge in [-0.3, -0.25) is 9.59 Å². The van der Waals surface area contributed by atoms with Gasteiger partial charge in [0, 0.05) is 13.1 Å². The van der Waals surface area contributed by atoms with Crippen LogP contribution in [-0.2, 0) is 20.9 Å². The number of carbonyl (C=O) groups is 2. The molecule has 0 aromatic heterocycles. The van der Waals surface area contributed by atoms with Crippen molar-refractivity contribution in [1.82, 2.24) is 4.90 Å². The second-order valence-electron chi connectivity index (χ2n) is 6.23. The van der Waals surface area contributed by atoms with E-state index in [1.54, 1.807) is 4.90 Å². The molecule has 138 valence electrons. The summed E-state index contributed by atoms with van der Waals surface area (Å²) in [5.74, 6) is 0.133. The molecular formula is C21H25NO4. The van der Waals surface area contributed by atoms with Crippen LogP contribution in [-0.4, -0.2) is 37.0 Å². The third kappa shape index (κ3) is 6.24. The Morgan fingerprint density at radius 1 is 0.923 bits per heavy atom. The summed E-state index contributed by atoms with van der Waals surface area (Å²) in [4.78, 5) is 25.7. The van der Waals surface area contributed by atoms with E-state index in [1.165, 1.54) is 7.11 Å². The lowest BCUT2D eigenvalue weighted by atomic mass is 10.1. The lowest BCUT2D eigenvalue weighted by Gasteiger charge is -2.22. The molecule has 0 atom stereocenters. The largest absolute Gasteiger partial charge is 0.484 e. The van der Waals surface area contributed by atoms with E-state index in [-0.39, 0.29) is 31.4 Å². The van der Waals surface area contributed by atoms with E-state index >= 15 is 0 Å². The Morgan fingerprint density at radius 2 is 1.50 bits per heavy atom. The van der Waals surface area contributed by atoms with Crippen LogP contribution in [0.3, 0.4) is 0 Å². The Balaban J connectivity index is 2.00. The van der Waals surface area contributed by atoms with E-state index in [9.17, 15) is 9.59 Å². The predicted molar refractivity (Wildman–Crippen MR) is 99.9 cm³/mol. The van der Waals surface area contributed by atoms with Crippen molar-refractivity contribution < 1.29 is 19.1 Å². The van der Waals surface area contributed by atoms with Gasteiger partial charge in [-0.15, -0.1) is 0 Å². The molecule has 0 radical (unpaired) electrons. The zero-order valence-corrected chi connectivity index (χ0v) is 15.5.